The molecule has 0 bridgehead atoms. The Morgan fingerprint density at radius 2 is 1.58 bits per heavy atom. The summed E-state index contributed by atoms with van der Waals surface area (Å²) in [5, 5.41) is 8.36. The predicted molar refractivity (Wildman–Crippen MR) is 63.3 cm³/mol. The third-order valence-corrected chi connectivity index (χ3v) is 2.19. The van der Waals surface area contributed by atoms with Gasteiger partial charge in [-0.05, 0) is 17.7 Å². The van der Waals surface area contributed by atoms with Crippen LogP contribution in [0.4, 0.5) is 4.39 Å². The van der Waals surface area contributed by atoms with E-state index < -0.39 is 23.6 Å². The summed E-state index contributed by atoms with van der Waals surface area (Å²) < 4.78 is 12.6. The fourth-order valence-corrected chi connectivity index (χ4v) is 1.25. The minimum Gasteiger partial charge on any atom is -0.481 e. The molecule has 1 aromatic carbocycles. The maximum atomic E-state index is 12.6. The van der Waals surface area contributed by atoms with Gasteiger partial charge in [-0.2, -0.15) is 0 Å². The van der Waals surface area contributed by atoms with Crippen molar-refractivity contribution in [3.63, 3.8) is 0 Å². The predicted octanol–water partition coefficient (Wildman–Crippen LogP) is 0.380. The molecule has 0 aromatic heterocycles. The molecule has 0 aliphatic heterocycles. The largest absolute Gasteiger partial charge is 0.481 e. The number of carbonyl (C=O) groups is 3. The van der Waals surface area contributed by atoms with Crippen LogP contribution < -0.4 is 10.9 Å². The molecular weight excluding hydrogens is 255 g/mol. The van der Waals surface area contributed by atoms with E-state index in [0.29, 0.717) is 5.56 Å². The van der Waals surface area contributed by atoms with Crippen molar-refractivity contribution in [1.82, 2.24) is 10.9 Å². The third-order valence-electron chi connectivity index (χ3n) is 2.19. The Morgan fingerprint density at radius 3 is 2.16 bits per heavy atom. The summed E-state index contributed by atoms with van der Waals surface area (Å²) in [6.45, 7) is 0. The molecule has 0 fully saturated rings. The molecule has 7 heteroatoms. The second-order valence-electron chi connectivity index (χ2n) is 3.79. The Hall–Kier alpha value is -2.44. The van der Waals surface area contributed by atoms with Gasteiger partial charge in [0, 0.05) is 6.42 Å². The summed E-state index contributed by atoms with van der Waals surface area (Å²) in [5.74, 6) is -2.55. The lowest BCUT2D eigenvalue weighted by atomic mass is 10.1. The normalized spacial score (nSPS) is 9.74. The van der Waals surface area contributed by atoms with Gasteiger partial charge in [-0.15, -0.1) is 0 Å². The number of nitrogens with one attached hydrogen (secondary N) is 2. The second kappa shape index (κ2) is 7.10. The van der Waals surface area contributed by atoms with Gasteiger partial charge in [0.05, 0.1) is 12.8 Å². The average molecular weight is 268 g/mol. The first-order chi connectivity index (χ1) is 8.97. The Labute approximate surface area is 108 Å². The number of hydrogen-bond donors (Lipinski definition) is 3. The molecule has 0 aliphatic carbocycles. The number of carboxylic acids is 1. The zero-order chi connectivity index (χ0) is 14.3. The first kappa shape index (κ1) is 14.6. The number of benzene rings is 1. The van der Waals surface area contributed by atoms with Crippen LogP contribution >= 0.6 is 0 Å². The van der Waals surface area contributed by atoms with Gasteiger partial charge in [-0.1, -0.05) is 12.1 Å². The molecule has 0 saturated carbocycles. The van der Waals surface area contributed by atoms with Gasteiger partial charge >= 0.3 is 5.97 Å². The van der Waals surface area contributed by atoms with Gasteiger partial charge < -0.3 is 5.11 Å². The molecule has 1 aromatic rings. The minimum atomic E-state index is -1.09. The van der Waals surface area contributed by atoms with Crippen molar-refractivity contribution in [1.29, 1.82) is 0 Å². The number of halogens is 1. The molecule has 0 unspecified atom stereocenters. The lowest BCUT2D eigenvalue weighted by Crippen LogP contribution is -2.42. The number of hydrogen-bond acceptors (Lipinski definition) is 3. The lowest BCUT2D eigenvalue weighted by molar-refractivity contribution is -0.139. The Morgan fingerprint density at radius 1 is 1.00 bits per heavy atom. The van der Waals surface area contributed by atoms with Crippen LogP contribution in [0.5, 0.6) is 0 Å². The Balaban J connectivity index is 2.29. The van der Waals surface area contributed by atoms with Crippen molar-refractivity contribution in [2.45, 2.75) is 19.3 Å². The van der Waals surface area contributed by atoms with Crippen LogP contribution in [0.15, 0.2) is 24.3 Å². The molecule has 0 aliphatic rings. The van der Waals surface area contributed by atoms with Gasteiger partial charge in [0.15, 0.2) is 0 Å². The first-order valence-corrected chi connectivity index (χ1v) is 5.51. The van der Waals surface area contributed by atoms with Crippen LogP contribution in [0.2, 0.25) is 0 Å². The molecule has 3 N–H and O–H groups in total. The van der Waals surface area contributed by atoms with E-state index in [2.05, 4.69) is 10.9 Å². The molecule has 19 heavy (non-hydrogen) atoms. The number of carbonyl (C=O) groups excluding carboxylic acids is 2. The molecule has 0 radical (unpaired) electrons. The summed E-state index contributed by atoms with van der Waals surface area (Å²) in [5.41, 5.74) is 4.83. The average Bonchev–Trinajstić information content (AvgIpc) is 2.36. The molecular formula is C12H13FN2O4. The van der Waals surface area contributed by atoms with Crippen LogP contribution in [0, 0.1) is 5.82 Å². The molecule has 0 atom stereocenters. The quantitative estimate of drug-likeness (QED) is 0.673. The summed E-state index contributed by atoms with van der Waals surface area (Å²) in [6, 6.07) is 5.38. The van der Waals surface area contributed by atoms with E-state index in [1.54, 1.807) is 0 Å². The van der Waals surface area contributed by atoms with Gasteiger partial charge in [-0.25, -0.2) is 4.39 Å². The SMILES string of the molecule is O=C(O)CCC(=O)NNC(=O)Cc1ccc(F)cc1. The van der Waals surface area contributed by atoms with Gasteiger partial charge in [0.2, 0.25) is 11.8 Å². The van der Waals surface area contributed by atoms with Crippen LogP contribution in [0.1, 0.15) is 18.4 Å². The van der Waals surface area contributed by atoms with Gasteiger partial charge in [-0.3, -0.25) is 25.2 Å². The zero-order valence-corrected chi connectivity index (χ0v) is 9.98. The van der Waals surface area contributed by atoms with E-state index in [4.69, 9.17) is 5.11 Å². The fourth-order valence-electron chi connectivity index (χ4n) is 1.25. The van der Waals surface area contributed by atoms with Crippen molar-refractivity contribution in [3.8, 4) is 0 Å². The van der Waals surface area contributed by atoms with Gasteiger partial charge in [0.25, 0.3) is 0 Å². The van der Waals surface area contributed by atoms with Crippen molar-refractivity contribution in [2.75, 3.05) is 0 Å². The van der Waals surface area contributed by atoms with E-state index in [0.717, 1.165) is 0 Å². The molecule has 6 nitrogen and oxygen atoms in total. The van der Waals surface area contributed by atoms with E-state index in [1.807, 2.05) is 0 Å². The molecule has 0 spiro atoms. The molecule has 1 rings (SSSR count). The highest BCUT2D eigenvalue weighted by Gasteiger charge is 2.07. The number of carboxylic acid groups (broad SMARTS) is 1. The number of hydrazine groups is 1. The van der Waals surface area contributed by atoms with E-state index in [9.17, 15) is 18.8 Å². The van der Waals surface area contributed by atoms with Crippen molar-refractivity contribution in [3.05, 3.63) is 35.6 Å². The standard InChI is InChI=1S/C12H13FN2O4/c13-9-3-1-8(2-4-9)7-11(17)15-14-10(16)5-6-12(18)19/h1-4H,5-7H2,(H,14,16)(H,15,17)(H,18,19). The Bertz CT molecular complexity index is 473. The lowest BCUT2D eigenvalue weighted by Gasteiger charge is -2.06. The van der Waals surface area contributed by atoms with Crippen LogP contribution in [0.3, 0.4) is 0 Å². The Kier molecular flexibility index (Phi) is 5.46. The van der Waals surface area contributed by atoms with E-state index in [1.165, 1.54) is 24.3 Å². The molecule has 102 valence electrons. The monoisotopic (exact) mass is 268 g/mol. The van der Waals surface area contributed by atoms with Crippen molar-refractivity contribution >= 4 is 17.8 Å². The summed E-state index contributed by atoms with van der Waals surface area (Å²) >= 11 is 0. The maximum Gasteiger partial charge on any atom is 0.303 e. The highest BCUT2D eigenvalue weighted by atomic mass is 19.1. The molecule has 0 heterocycles. The third kappa shape index (κ3) is 6.16. The molecule has 0 saturated heterocycles. The smallest absolute Gasteiger partial charge is 0.303 e. The van der Waals surface area contributed by atoms with Gasteiger partial charge in [0.1, 0.15) is 5.82 Å². The van der Waals surface area contributed by atoms with Crippen LogP contribution in [-0.2, 0) is 20.8 Å². The van der Waals surface area contributed by atoms with E-state index >= 15 is 0 Å². The number of rotatable bonds is 5. The minimum absolute atomic E-state index is 0.0144. The van der Waals surface area contributed by atoms with Crippen LogP contribution in [0.25, 0.3) is 0 Å². The summed E-state index contributed by atoms with van der Waals surface area (Å²) in [6.07, 6.45) is -0.536. The highest BCUT2D eigenvalue weighted by Crippen LogP contribution is 2.03. The number of amides is 2. The number of aliphatic carboxylic acids is 1. The first-order valence-electron chi connectivity index (χ1n) is 5.51. The highest BCUT2D eigenvalue weighted by molar-refractivity contribution is 5.84. The maximum absolute atomic E-state index is 12.6. The van der Waals surface area contributed by atoms with Crippen molar-refractivity contribution < 1.29 is 23.9 Å². The summed E-state index contributed by atoms with van der Waals surface area (Å²) in [4.78, 5) is 32.7. The van der Waals surface area contributed by atoms with Crippen molar-refractivity contribution in [2.24, 2.45) is 0 Å². The van der Waals surface area contributed by atoms with E-state index in [-0.39, 0.29) is 19.3 Å². The zero-order valence-electron chi connectivity index (χ0n) is 9.98. The topological polar surface area (TPSA) is 95.5 Å². The van der Waals surface area contributed by atoms with Crippen LogP contribution in [-0.4, -0.2) is 22.9 Å². The molecule has 2 amide bonds. The summed E-state index contributed by atoms with van der Waals surface area (Å²) in [7, 11) is 0. The second-order valence-corrected chi connectivity index (χ2v) is 3.79. The fraction of sp³-hybridized carbons (Fsp3) is 0.250.